The van der Waals surface area contributed by atoms with Crippen LogP contribution in [-0.2, 0) is 14.8 Å². The second kappa shape index (κ2) is 7.89. The third-order valence-corrected chi connectivity index (χ3v) is 5.57. The lowest BCUT2D eigenvalue weighted by atomic mass is 10.2. The number of nitrogens with one attached hydrogen (secondary N) is 1. The van der Waals surface area contributed by atoms with Crippen molar-refractivity contribution in [3.8, 4) is 0 Å². The molecule has 0 saturated heterocycles. The van der Waals surface area contributed by atoms with E-state index in [0.29, 0.717) is 11.4 Å². The van der Waals surface area contributed by atoms with E-state index in [1.165, 1.54) is 24.2 Å². The zero-order chi connectivity index (χ0) is 21.2. The maximum Gasteiger partial charge on any atom is 0.338 e. The smallest absolute Gasteiger partial charge is 0.338 e. The fourth-order valence-corrected chi connectivity index (χ4v) is 3.38. The number of hydrazone groups is 1. The number of carboxylic acid groups (broad SMARTS) is 1. The van der Waals surface area contributed by atoms with Crippen molar-refractivity contribution in [2.45, 2.75) is 17.9 Å². The van der Waals surface area contributed by atoms with E-state index in [9.17, 15) is 23.1 Å². The van der Waals surface area contributed by atoms with E-state index in [1.807, 2.05) is 6.07 Å². The number of hydrogen-bond donors (Lipinski definition) is 2. The van der Waals surface area contributed by atoms with E-state index in [4.69, 9.17) is 0 Å². The molecule has 29 heavy (non-hydrogen) atoms. The average molecular weight is 415 g/mol. The van der Waals surface area contributed by atoms with E-state index < -0.39 is 27.9 Å². The Bertz CT molecular complexity index is 1130. The molecule has 10 nitrogen and oxygen atoms in total. The highest BCUT2D eigenvalue weighted by molar-refractivity contribution is 7.89. The van der Waals surface area contributed by atoms with Gasteiger partial charge >= 0.3 is 5.97 Å². The standard InChI is InChI=1S/C18H17N5O5S/c1-11-16(17(24)23(22-11)12-6-4-3-5-7-12)21-20-15-9-8-13(29(27,28)19-2)10-14(15)18(25)26/h3-10,16,19H,1-2H3,(H,25,26). The van der Waals surface area contributed by atoms with Gasteiger partial charge in [-0.25, -0.2) is 17.9 Å². The van der Waals surface area contributed by atoms with Gasteiger partial charge in [-0.3, -0.25) is 4.79 Å². The van der Waals surface area contributed by atoms with Crippen molar-refractivity contribution in [2.24, 2.45) is 15.3 Å². The topological polar surface area (TPSA) is 141 Å². The Balaban J connectivity index is 1.91. The largest absolute Gasteiger partial charge is 0.478 e. The highest BCUT2D eigenvalue weighted by Crippen LogP contribution is 2.26. The summed E-state index contributed by atoms with van der Waals surface area (Å²) < 4.78 is 25.9. The van der Waals surface area contributed by atoms with E-state index in [2.05, 4.69) is 20.1 Å². The minimum atomic E-state index is -3.82. The Morgan fingerprint density at radius 3 is 2.52 bits per heavy atom. The van der Waals surface area contributed by atoms with Crippen LogP contribution in [0, 0.1) is 0 Å². The van der Waals surface area contributed by atoms with Gasteiger partial charge in [-0.2, -0.15) is 20.3 Å². The van der Waals surface area contributed by atoms with Crippen LogP contribution in [0.15, 0.2) is 68.8 Å². The van der Waals surface area contributed by atoms with Gasteiger partial charge in [0.15, 0.2) is 6.04 Å². The fraction of sp³-hybridized carbons (Fsp3) is 0.167. The van der Waals surface area contributed by atoms with Crippen LogP contribution < -0.4 is 9.73 Å². The molecule has 1 aliphatic rings. The van der Waals surface area contributed by atoms with Crippen LogP contribution >= 0.6 is 0 Å². The molecule has 0 fully saturated rings. The van der Waals surface area contributed by atoms with Crippen molar-refractivity contribution in [1.29, 1.82) is 0 Å². The van der Waals surface area contributed by atoms with Gasteiger partial charge in [-0.15, -0.1) is 0 Å². The molecule has 150 valence electrons. The first-order chi connectivity index (χ1) is 13.7. The number of azo groups is 1. The predicted molar refractivity (Wildman–Crippen MR) is 105 cm³/mol. The number of hydrogen-bond acceptors (Lipinski definition) is 7. The summed E-state index contributed by atoms with van der Waals surface area (Å²) in [6, 6.07) is 11.2. The molecule has 0 radical (unpaired) electrons. The first-order valence-electron chi connectivity index (χ1n) is 8.40. The molecule has 2 aromatic rings. The maximum atomic E-state index is 12.6. The van der Waals surface area contributed by atoms with E-state index in [1.54, 1.807) is 31.2 Å². The van der Waals surface area contributed by atoms with Crippen LogP contribution in [0.3, 0.4) is 0 Å². The molecule has 1 unspecified atom stereocenters. The van der Waals surface area contributed by atoms with Gasteiger partial charge in [0.25, 0.3) is 5.91 Å². The summed E-state index contributed by atoms with van der Waals surface area (Å²) in [4.78, 5) is 23.9. The van der Waals surface area contributed by atoms with Crippen molar-refractivity contribution >= 4 is 39.0 Å². The summed E-state index contributed by atoms with van der Waals surface area (Å²) >= 11 is 0. The van der Waals surface area contributed by atoms with Crippen LogP contribution in [-0.4, -0.2) is 44.2 Å². The van der Waals surface area contributed by atoms with Crippen molar-refractivity contribution in [2.75, 3.05) is 12.1 Å². The molecule has 0 spiro atoms. The summed E-state index contributed by atoms with van der Waals surface area (Å²) in [6.45, 7) is 1.62. The van der Waals surface area contributed by atoms with Crippen LogP contribution in [0.5, 0.6) is 0 Å². The lowest BCUT2D eigenvalue weighted by Crippen LogP contribution is -2.29. The molecule has 0 aromatic heterocycles. The number of carbonyl (C=O) groups is 2. The van der Waals surface area contributed by atoms with Gasteiger partial charge < -0.3 is 5.11 Å². The maximum absolute atomic E-state index is 12.6. The van der Waals surface area contributed by atoms with Crippen molar-refractivity contribution in [1.82, 2.24) is 4.72 Å². The van der Waals surface area contributed by atoms with Crippen LogP contribution in [0.4, 0.5) is 11.4 Å². The van der Waals surface area contributed by atoms with Crippen LogP contribution in [0.25, 0.3) is 0 Å². The molecule has 0 aliphatic carbocycles. The summed E-state index contributed by atoms with van der Waals surface area (Å²) in [6.07, 6.45) is 0. The SMILES string of the molecule is CNS(=O)(=O)c1ccc(N=NC2C(=O)N(c3ccccc3)N=C2C)c(C(=O)O)c1. The van der Waals surface area contributed by atoms with E-state index >= 15 is 0 Å². The van der Waals surface area contributed by atoms with Gasteiger partial charge in [-0.05, 0) is 44.3 Å². The average Bonchev–Trinajstić information content (AvgIpc) is 3.00. The molecular weight excluding hydrogens is 398 g/mol. The zero-order valence-electron chi connectivity index (χ0n) is 15.5. The summed E-state index contributed by atoms with van der Waals surface area (Å²) in [5.74, 6) is -1.80. The minimum Gasteiger partial charge on any atom is -0.478 e. The Morgan fingerprint density at radius 2 is 1.90 bits per heavy atom. The number of carboxylic acids is 1. The van der Waals surface area contributed by atoms with Gasteiger partial charge in [0.1, 0.15) is 0 Å². The third-order valence-electron chi connectivity index (χ3n) is 4.16. The molecule has 0 saturated carbocycles. The van der Waals surface area contributed by atoms with Crippen molar-refractivity contribution < 1.29 is 23.1 Å². The molecule has 1 heterocycles. The fourth-order valence-electron chi connectivity index (χ4n) is 2.62. The molecule has 11 heteroatoms. The van der Waals surface area contributed by atoms with Gasteiger partial charge in [0, 0.05) is 0 Å². The van der Waals surface area contributed by atoms with E-state index in [-0.39, 0.29) is 16.1 Å². The molecule has 0 bridgehead atoms. The number of rotatable bonds is 6. The highest BCUT2D eigenvalue weighted by atomic mass is 32.2. The molecular formula is C18H17N5O5S. The van der Waals surface area contributed by atoms with Crippen LogP contribution in [0.2, 0.25) is 0 Å². The molecule has 2 N–H and O–H groups in total. The Labute approximate surface area is 166 Å². The number of aromatic carboxylic acids is 1. The number of carbonyl (C=O) groups excluding carboxylic acids is 1. The zero-order valence-corrected chi connectivity index (χ0v) is 16.3. The quantitative estimate of drug-likeness (QED) is 0.696. The number of para-hydroxylation sites is 1. The first kappa shape index (κ1) is 20.3. The summed E-state index contributed by atoms with van der Waals surface area (Å²) in [5.41, 5.74) is 0.535. The Hall–Kier alpha value is -3.44. The number of amides is 1. The lowest BCUT2D eigenvalue weighted by Gasteiger charge is -2.12. The molecule has 2 aromatic carbocycles. The highest BCUT2D eigenvalue weighted by Gasteiger charge is 2.34. The molecule has 1 atom stereocenters. The van der Waals surface area contributed by atoms with Crippen LogP contribution in [0.1, 0.15) is 17.3 Å². The summed E-state index contributed by atoms with van der Waals surface area (Å²) in [5, 5.41) is 22.6. The Kier molecular flexibility index (Phi) is 5.52. The van der Waals surface area contributed by atoms with Crippen molar-refractivity contribution in [3.05, 3.63) is 54.1 Å². The second-order valence-electron chi connectivity index (χ2n) is 6.04. The molecule has 3 rings (SSSR count). The minimum absolute atomic E-state index is 0.0775. The number of sulfonamides is 1. The number of nitrogens with zero attached hydrogens (tertiary/aromatic N) is 4. The summed E-state index contributed by atoms with van der Waals surface area (Å²) in [7, 11) is -2.60. The van der Waals surface area contributed by atoms with Gasteiger partial charge in [0.05, 0.1) is 27.5 Å². The predicted octanol–water partition coefficient (Wildman–Crippen LogP) is 2.17. The normalized spacial score (nSPS) is 17.0. The van der Waals surface area contributed by atoms with Crippen molar-refractivity contribution in [3.63, 3.8) is 0 Å². The lowest BCUT2D eigenvalue weighted by molar-refractivity contribution is -0.117. The first-order valence-corrected chi connectivity index (χ1v) is 9.89. The third kappa shape index (κ3) is 4.05. The second-order valence-corrected chi connectivity index (χ2v) is 7.92. The van der Waals surface area contributed by atoms with Gasteiger partial charge in [0.2, 0.25) is 10.0 Å². The molecule has 1 aliphatic heterocycles. The number of benzene rings is 2. The van der Waals surface area contributed by atoms with E-state index in [0.717, 1.165) is 6.07 Å². The monoisotopic (exact) mass is 415 g/mol. The molecule has 1 amide bonds. The Morgan fingerprint density at radius 1 is 1.21 bits per heavy atom. The van der Waals surface area contributed by atoms with Gasteiger partial charge in [-0.1, -0.05) is 18.2 Å². The number of anilines is 1.